The molecule has 0 spiro atoms. The molecule has 1 aliphatic carbocycles. The van der Waals surface area contributed by atoms with E-state index in [1.165, 1.54) is 44.2 Å². The van der Waals surface area contributed by atoms with Gasteiger partial charge in [-0.15, -0.1) is 0 Å². The third-order valence-electron chi connectivity index (χ3n) is 4.73. The summed E-state index contributed by atoms with van der Waals surface area (Å²) in [6.07, 6.45) is 6.50. The molecule has 1 amide bonds. The second-order valence-corrected chi connectivity index (χ2v) is 9.98. The van der Waals surface area contributed by atoms with E-state index in [1.807, 2.05) is 17.8 Å². The standard InChI is InChI=1S/C21H26N2O3S2/c24-21(22-14-15-27-19-11-5-2-6-12-19)17-8-7-13-20(16-17)28(25,26)23-18-9-3-1-4-10-18/h1,3-4,7-10,13,16,19,23H,2,5-6,11-12,14-15H2,(H,22,24). The fourth-order valence-electron chi connectivity index (χ4n) is 3.25. The lowest BCUT2D eigenvalue weighted by atomic mass is 10.0. The van der Waals surface area contributed by atoms with Gasteiger partial charge < -0.3 is 5.32 Å². The van der Waals surface area contributed by atoms with E-state index in [9.17, 15) is 13.2 Å². The smallest absolute Gasteiger partial charge is 0.261 e. The van der Waals surface area contributed by atoms with Gasteiger partial charge in [-0.3, -0.25) is 9.52 Å². The predicted octanol–water partition coefficient (Wildman–Crippen LogP) is 4.28. The summed E-state index contributed by atoms with van der Waals surface area (Å²) >= 11 is 1.92. The van der Waals surface area contributed by atoms with Crippen molar-refractivity contribution in [1.82, 2.24) is 5.32 Å². The largest absolute Gasteiger partial charge is 0.351 e. The van der Waals surface area contributed by atoms with Gasteiger partial charge in [-0.05, 0) is 43.2 Å². The van der Waals surface area contributed by atoms with Crippen LogP contribution in [0.4, 0.5) is 5.69 Å². The van der Waals surface area contributed by atoms with Crippen molar-refractivity contribution >= 4 is 33.4 Å². The van der Waals surface area contributed by atoms with Crippen LogP contribution in [-0.4, -0.2) is 31.9 Å². The molecule has 1 fully saturated rings. The number of thioether (sulfide) groups is 1. The van der Waals surface area contributed by atoms with Crippen molar-refractivity contribution in [1.29, 1.82) is 0 Å². The molecule has 28 heavy (non-hydrogen) atoms. The molecule has 3 rings (SSSR count). The quantitative estimate of drug-likeness (QED) is 0.628. The van der Waals surface area contributed by atoms with Crippen LogP contribution < -0.4 is 10.0 Å². The van der Waals surface area contributed by atoms with Gasteiger partial charge in [0.15, 0.2) is 0 Å². The average molecular weight is 419 g/mol. The van der Waals surface area contributed by atoms with Crippen LogP contribution in [0.5, 0.6) is 0 Å². The van der Waals surface area contributed by atoms with Gasteiger partial charge in [0.05, 0.1) is 4.90 Å². The van der Waals surface area contributed by atoms with E-state index in [0.717, 1.165) is 5.75 Å². The Hall–Kier alpha value is -1.99. The maximum Gasteiger partial charge on any atom is 0.261 e. The highest BCUT2D eigenvalue weighted by molar-refractivity contribution is 7.99. The topological polar surface area (TPSA) is 75.3 Å². The van der Waals surface area contributed by atoms with Gasteiger partial charge in [-0.2, -0.15) is 11.8 Å². The molecule has 0 heterocycles. The summed E-state index contributed by atoms with van der Waals surface area (Å²) in [6.45, 7) is 0.583. The molecule has 0 bridgehead atoms. The van der Waals surface area contributed by atoms with Gasteiger partial charge in [-0.25, -0.2) is 8.42 Å². The van der Waals surface area contributed by atoms with E-state index in [0.29, 0.717) is 23.0 Å². The van der Waals surface area contributed by atoms with E-state index in [1.54, 1.807) is 36.4 Å². The van der Waals surface area contributed by atoms with Crippen molar-refractivity contribution in [2.75, 3.05) is 17.0 Å². The first-order chi connectivity index (χ1) is 13.5. The Morgan fingerprint density at radius 1 is 1.00 bits per heavy atom. The first kappa shape index (κ1) is 20.7. The highest BCUT2D eigenvalue weighted by atomic mass is 32.2. The Balaban J connectivity index is 1.55. The Morgan fingerprint density at radius 2 is 1.75 bits per heavy atom. The van der Waals surface area contributed by atoms with Gasteiger partial charge in [0.25, 0.3) is 15.9 Å². The minimum atomic E-state index is -3.74. The summed E-state index contributed by atoms with van der Waals surface area (Å²) in [7, 11) is -3.74. The SMILES string of the molecule is O=C(NCCSC1CCCCC1)c1cccc(S(=O)(=O)Nc2ccccc2)c1. The van der Waals surface area contributed by atoms with Crippen LogP contribution in [0.15, 0.2) is 59.5 Å². The lowest BCUT2D eigenvalue weighted by molar-refractivity contribution is 0.0956. The monoisotopic (exact) mass is 418 g/mol. The van der Waals surface area contributed by atoms with Gasteiger partial charge in [-0.1, -0.05) is 43.5 Å². The second kappa shape index (κ2) is 9.98. The average Bonchev–Trinajstić information content (AvgIpc) is 2.72. The molecule has 1 aliphatic rings. The molecule has 5 nitrogen and oxygen atoms in total. The van der Waals surface area contributed by atoms with Crippen molar-refractivity contribution in [2.45, 2.75) is 42.2 Å². The van der Waals surface area contributed by atoms with Crippen molar-refractivity contribution < 1.29 is 13.2 Å². The minimum absolute atomic E-state index is 0.0700. The van der Waals surface area contributed by atoms with Gasteiger partial charge in [0.2, 0.25) is 0 Å². The van der Waals surface area contributed by atoms with Crippen LogP contribution in [0.1, 0.15) is 42.5 Å². The molecule has 0 aromatic heterocycles. The number of rotatable bonds is 8. The lowest BCUT2D eigenvalue weighted by Crippen LogP contribution is -2.26. The molecule has 2 N–H and O–H groups in total. The molecule has 2 aromatic rings. The highest BCUT2D eigenvalue weighted by Gasteiger charge is 2.17. The van der Waals surface area contributed by atoms with Crippen LogP contribution in [0.2, 0.25) is 0 Å². The molecule has 2 aromatic carbocycles. The molecule has 7 heteroatoms. The molecule has 1 saturated carbocycles. The fraction of sp³-hybridized carbons (Fsp3) is 0.381. The minimum Gasteiger partial charge on any atom is -0.351 e. The number of para-hydroxylation sites is 1. The maximum atomic E-state index is 12.6. The van der Waals surface area contributed by atoms with E-state index < -0.39 is 10.0 Å². The van der Waals surface area contributed by atoms with Crippen molar-refractivity contribution in [3.8, 4) is 0 Å². The number of benzene rings is 2. The molecule has 0 saturated heterocycles. The summed E-state index contributed by atoms with van der Waals surface area (Å²) < 4.78 is 27.7. The first-order valence-electron chi connectivity index (χ1n) is 9.62. The number of amides is 1. The zero-order valence-corrected chi connectivity index (χ0v) is 17.4. The van der Waals surface area contributed by atoms with Crippen LogP contribution in [0.3, 0.4) is 0 Å². The number of anilines is 1. The summed E-state index contributed by atoms with van der Waals surface area (Å²) in [5.74, 6) is 0.630. The predicted molar refractivity (Wildman–Crippen MR) is 115 cm³/mol. The first-order valence-corrected chi connectivity index (χ1v) is 12.2. The second-order valence-electron chi connectivity index (χ2n) is 6.89. The Bertz CT molecular complexity index is 880. The number of carbonyl (C=O) groups is 1. The Kier molecular flexibility index (Phi) is 7.39. The molecule has 0 radical (unpaired) electrons. The van der Waals surface area contributed by atoms with Crippen molar-refractivity contribution in [3.63, 3.8) is 0 Å². The normalized spacial score (nSPS) is 15.1. The summed E-state index contributed by atoms with van der Waals surface area (Å²) in [6, 6.07) is 14.8. The number of nitrogens with one attached hydrogen (secondary N) is 2. The summed E-state index contributed by atoms with van der Waals surface area (Å²) in [5.41, 5.74) is 0.829. The third kappa shape index (κ3) is 6.01. The summed E-state index contributed by atoms with van der Waals surface area (Å²) in [5, 5.41) is 3.60. The maximum absolute atomic E-state index is 12.6. The van der Waals surface area contributed by atoms with Gasteiger partial charge in [0.1, 0.15) is 0 Å². The van der Waals surface area contributed by atoms with Crippen LogP contribution in [0, 0.1) is 0 Å². The summed E-state index contributed by atoms with van der Waals surface area (Å²) in [4.78, 5) is 12.5. The fourth-order valence-corrected chi connectivity index (χ4v) is 5.57. The molecule has 0 atom stereocenters. The molecule has 150 valence electrons. The Labute approximate surface area is 171 Å². The van der Waals surface area contributed by atoms with Crippen molar-refractivity contribution in [2.24, 2.45) is 0 Å². The number of hydrogen-bond acceptors (Lipinski definition) is 4. The lowest BCUT2D eigenvalue weighted by Gasteiger charge is -2.20. The molecular weight excluding hydrogens is 392 g/mol. The van der Waals surface area contributed by atoms with Crippen LogP contribution >= 0.6 is 11.8 Å². The number of sulfonamides is 1. The number of hydrogen-bond donors (Lipinski definition) is 2. The molecular formula is C21H26N2O3S2. The van der Waals surface area contributed by atoms with Crippen molar-refractivity contribution in [3.05, 3.63) is 60.2 Å². The molecule has 0 unspecified atom stereocenters. The third-order valence-corrected chi connectivity index (χ3v) is 7.49. The van der Waals surface area contributed by atoms with E-state index >= 15 is 0 Å². The van der Waals surface area contributed by atoms with Gasteiger partial charge in [0, 0.05) is 28.8 Å². The zero-order chi connectivity index (χ0) is 19.8. The highest BCUT2D eigenvalue weighted by Crippen LogP contribution is 2.27. The molecule has 0 aliphatic heterocycles. The van der Waals surface area contributed by atoms with E-state index in [-0.39, 0.29) is 10.8 Å². The van der Waals surface area contributed by atoms with Gasteiger partial charge >= 0.3 is 0 Å². The van der Waals surface area contributed by atoms with Crippen LogP contribution in [-0.2, 0) is 10.0 Å². The number of carbonyl (C=O) groups excluding carboxylic acids is 1. The van der Waals surface area contributed by atoms with E-state index in [4.69, 9.17) is 0 Å². The van der Waals surface area contributed by atoms with Crippen LogP contribution in [0.25, 0.3) is 0 Å². The Morgan fingerprint density at radius 3 is 2.50 bits per heavy atom. The zero-order valence-electron chi connectivity index (χ0n) is 15.8. The van der Waals surface area contributed by atoms with E-state index in [2.05, 4.69) is 10.0 Å².